The molecule has 0 heterocycles. The van der Waals surface area contributed by atoms with Gasteiger partial charge < -0.3 is 10.1 Å². The van der Waals surface area contributed by atoms with Crippen LogP contribution in [0.2, 0.25) is 0 Å². The molecular formula is C13H18INO2. The first-order chi connectivity index (χ1) is 7.92. The lowest BCUT2D eigenvalue weighted by molar-refractivity contribution is 0.0509. The molecule has 0 saturated carbocycles. The fourth-order valence-electron chi connectivity index (χ4n) is 1.35. The molecule has 0 bridgehead atoms. The number of hydrogen-bond acceptors (Lipinski definition) is 2. The fraction of sp³-hybridized carbons (Fsp3) is 0.462. The van der Waals surface area contributed by atoms with E-state index in [0.29, 0.717) is 0 Å². The van der Waals surface area contributed by atoms with Crippen LogP contribution in [-0.4, -0.2) is 16.1 Å². The van der Waals surface area contributed by atoms with E-state index in [9.17, 15) is 4.79 Å². The lowest BCUT2D eigenvalue weighted by atomic mass is 10.1. The summed E-state index contributed by atoms with van der Waals surface area (Å²) in [5.41, 5.74) is 0.629. The largest absolute Gasteiger partial charge is 0.444 e. The minimum absolute atomic E-state index is 0.00773. The van der Waals surface area contributed by atoms with Gasteiger partial charge in [0.1, 0.15) is 5.60 Å². The second-order valence-corrected chi connectivity index (χ2v) is 5.64. The van der Waals surface area contributed by atoms with Gasteiger partial charge in [-0.1, -0.05) is 52.9 Å². The van der Waals surface area contributed by atoms with Gasteiger partial charge in [0.15, 0.2) is 0 Å². The van der Waals surface area contributed by atoms with Gasteiger partial charge in [-0.25, -0.2) is 4.79 Å². The zero-order valence-corrected chi connectivity index (χ0v) is 12.5. The number of rotatable bonds is 3. The first-order valence-electron chi connectivity index (χ1n) is 5.53. The third-order valence-corrected chi connectivity index (χ3v) is 2.93. The number of ether oxygens (including phenoxy) is 1. The number of halogens is 1. The van der Waals surface area contributed by atoms with Crippen molar-refractivity contribution >= 4 is 28.7 Å². The Morgan fingerprint density at radius 2 is 1.94 bits per heavy atom. The maximum absolute atomic E-state index is 11.7. The number of nitrogens with one attached hydrogen (secondary N) is 1. The van der Waals surface area contributed by atoms with Gasteiger partial charge in [-0.2, -0.15) is 0 Å². The molecular weight excluding hydrogens is 329 g/mol. The first kappa shape index (κ1) is 14.3. The van der Waals surface area contributed by atoms with Crippen LogP contribution < -0.4 is 5.32 Å². The van der Waals surface area contributed by atoms with Crippen LogP contribution in [0.15, 0.2) is 30.3 Å². The van der Waals surface area contributed by atoms with E-state index in [-0.39, 0.29) is 12.1 Å². The molecule has 17 heavy (non-hydrogen) atoms. The van der Waals surface area contributed by atoms with Crippen molar-refractivity contribution in [1.29, 1.82) is 0 Å². The normalized spacial score (nSPS) is 12.9. The van der Waals surface area contributed by atoms with E-state index in [1.54, 1.807) is 0 Å². The summed E-state index contributed by atoms with van der Waals surface area (Å²) in [6.07, 6.45) is -0.372. The molecule has 0 aromatic heterocycles. The number of alkyl halides is 1. The quantitative estimate of drug-likeness (QED) is 0.669. The van der Waals surface area contributed by atoms with E-state index in [1.165, 1.54) is 0 Å². The third-order valence-electron chi connectivity index (χ3n) is 2.05. The van der Waals surface area contributed by atoms with E-state index < -0.39 is 5.60 Å². The molecule has 4 heteroatoms. The Kier molecular flexibility index (Phi) is 5.24. The molecule has 0 aliphatic rings. The van der Waals surface area contributed by atoms with Crippen molar-refractivity contribution in [1.82, 2.24) is 5.32 Å². The van der Waals surface area contributed by atoms with Crippen LogP contribution >= 0.6 is 22.6 Å². The van der Waals surface area contributed by atoms with E-state index >= 15 is 0 Å². The Labute approximate surface area is 116 Å². The number of alkyl carbamates (subject to hydrolysis) is 1. The van der Waals surface area contributed by atoms with E-state index in [2.05, 4.69) is 27.9 Å². The smallest absolute Gasteiger partial charge is 0.408 e. The second-order valence-electron chi connectivity index (χ2n) is 4.76. The van der Waals surface area contributed by atoms with Crippen LogP contribution in [-0.2, 0) is 4.74 Å². The van der Waals surface area contributed by atoms with E-state index in [1.807, 2.05) is 51.1 Å². The molecule has 0 fully saturated rings. The highest BCUT2D eigenvalue weighted by Crippen LogP contribution is 2.16. The molecule has 1 atom stereocenters. The number of carbonyl (C=O) groups excluding carboxylic acids is 1. The van der Waals surface area contributed by atoms with Crippen molar-refractivity contribution in [3.8, 4) is 0 Å². The second kappa shape index (κ2) is 6.23. The molecule has 0 unspecified atom stereocenters. The van der Waals surface area contributed by atoms with Gasteiger partial charge in [0.05, 0.1) is 6.04 Å². The summed E-state index contributed by atoms with van der Waals surface area (Å²) in [5, 5.41) is 2.87. The van der Waals surface area contributed by atoms with Crippen molar-refractivity contribution in [2.75, 3.05) is 4.43 Å². The van der Waals surface area contributed by atoms with Crippen LogP contribution in [0.3, 0.4) is 0 Å². The van der Waals surface area contributed by atoms with Crippen molar-refractivity contribution < 1.29 is 9.53 Å². The summed E-state index contributed by atoms with van der Waals surface area (Å²) < 4.78 is 6.04. The summed E-state index contributed by atoms with van der Waals surface area (Å²) in [6.45, 7) is 5.57. The summed E-state index contributed by atoms with van der Waals surface area (Å²) in [4.78, 5) is 11.7. The van der Waals surface area contributed by atoms with Crippen molar-refractivity contribution in [3.63, 3.8) is 0 Å². The molecule has 1 N–H and O–H groups in total. The topological polar surface area (TPSA) is 38.3 Å². The lowest BCUT2D eigenvalue weighted by Gasteiger charge is -2.23. The molecule has 1 aromatic rings. The highest BCUT2D eigenvalue weighted by Gasteiger charge is 2.19. The summed E-state index contributed by atoms with van der Waals surface area (Å²) >= 11 is 2.25. The Bertz CT molecular complexity index is 359. The number of hydrogen-bond donors (Lipinski definition) is 1. The van der Waals surface area contributed by atoms with Gasteiger partial charge >= 0.3 is 6.09 Å². The van der Waals surface area contributed by atoms with Gasteiger partial charge in [-0.05, 0) is 26.3 Å². The van der Waals surface area contributed by atoms with Gasteiger partial charge in [0, 0.05) is 4.43 Å². The molecule has 0 spiro atoms. The van der Waals surface area contributed by atoms with E-state index in [0.717, 1.165) is 9.99 Å². The van der Waals surface area contributed by atoms with E-state index in [4.69, 9.17) is 4.74 Å². The molecule has 1 rings (SSSR count). The predicted molar refractivity (Wildman–Crippen MR) is 77.4 cm³/mol. The summed E-state index contributed by atoms with van der Waals surface area (Å²) in [6, 6.07) is 9.88. The predicted octanol–water partition coefficient (Wildman–Crippen LogP) is 3.69. The number of amides is 1. The van der Waals surface area contributed by atoms with Crippen LogP contribution in [0.4, 0.5) is 4.79 Å². The molecule has 0 aliphatic heterocycles. The Morgan fingerprint density at radius 1 is 1.35 bits per heavy atom. The molecule has 0 aliphatic carbocycles. The van der Waals surface area contributed by atoms with Crippen LogP contribution in [0.1, 0.15) is 32.4 Å². The van der Waals surface area contributed by atoms with Crippen LogP contribution in [0.5, 0.6) is 0 Å². The number of carbonyl (C=O) groups is 1. The van der Waals surface area contributed by atoms with Gasteiger partial charge in [0.25, 0.3) is 0 Å². The Hall–Kier alpha value is -0.780. The van der Waals surface area contributed by atoms with Gasteiger partial charge in [0.2, 0.25) is 0 Å². The fourth-order valence-corrected chi connectivity index (χ4v) is 2.07. The summed E-state index contributed by atoms with van der Waals surface area (Å²) in [5.74, 6) is 0. The maximum atomic E-state index is 11.7. The molecule has 1 aromatic carbocycles. The summed E-state index contributed by atoms with van der Waals surface area (Å²) in [7, 11) is 0. The Balaban J connectivity index is 2.62. The zero-order valence-electron chi connectivity index (χ0n) is 10.4. The first-order valence-corrected chi connectivity index (χ1v) is 7.05. The van der Waals surface area contributed by atoms with Crippen molar-refractivity contribution in [2.45, 2.75) is 32.4 Å². The maximum Gasteiger partial charge on any atom is 0.408 e. The van der Waals surface area contributed by atoms with Crippen molar-refractivity contribution in [3.05, 3.63) is 35.9 Å². The highest BCUT2D eigenvalue weighted by molar-refractivity contribution is 14.1. The minimum Gasteiger partial charge on any atom is -0.444 e. The average molecular weight is 347 g/mol. The van der Waals surface area contributed by atoms with Crippen molar-refractivity contribution in [2.24, 2.45) is 0 Å². The monoisotopic (exact) mass is 347 g/mol. The van der Waals surface area contributed by atoms with Gasteiger partial charge in [-0.3, -0.25) is 0 Å². The molecule has 0 saturated heterocycles. The Morgan fingerprint density at radius 3 is 2.41 bits per heavy atom. The van der Waals surface area contributed by atoms with Crippen LogP contribution in [0.25, 0.3) is 0 Å². The number of benzene rings is 1. The minimum atomic E-state index is -0.462. The zero-order chi connectivity index (χ0) is 12.9. The molecule has 0 radical (unpaired) electrons. The van der Waals surface area contributed by atoms with Crippen LogP contribution in [0, 0.1) is 0 Å². The van der Waals surface area contributed by atoms with Gasteiger partial charge in [-0.15, -0.1) is 0 Å². The third kappa shape index (κ3) is 5.39. The standard InChI is InChI=1S/C13H18INO2/c1-13(2,3)17-12(16)15-11(9-14)10-7-5-4-6-8-10/h4-8,11H,9H2,1-3H3,(H,15,16)/t11-/m1/s1. The highest BCUT2D eigenvalue weighted by atomic mass is 127. The lowest BCUT2D eigenvalue weighted by Crippen LogP contribution is -2.35. The molecule has 3 nitrogen and oxygen atoms in total. The molecule has 94 valence electrons. The molecule has 1 amide bonds. The SMILES string of the molecule is CC(C)(C)OC(=O)N[C@H](CI)c1ccccc1. The average Bonchev–Trinajstić information content (AvgIpc) is 2.24.